The average molecular weight is 616 g/mol. The van der Waals surface area contributed by atoms with Gasteiger partial charge in [-0.25, -0.2) is 26.6 Å². The lowest BCUT2D eigenvalue weighted by Gasteiger charge is -2.39. The highest BCUT2D eigenvalue weighted by molar-refractivity contribution is 7.92. The summed E-state index contributed by atoms with van der Waals surface area (Å²) in [5.74, 6) is -5.89. The first-order chi connectivity index (χ1) is 20.0. The fourth-order valence-corrected chi connectivity index (χ4v) is 9.23. The van der Waals surface area contributed by atoms with Gasteiger partial charge in [-0.1, -0.05) is 41.9 Å². The smallest absolute Gasteiger partial charge is 0.255 e. The van der Waals surface area contributed by atoms with Gasteiger partial charge in [0.25, 0.3) is 5.91 Å². The number of carbonyl (C=O) groups is 1. The van der Waals surface area contributed by atoms with Crippen LogP contribution < -0.4 is 5.32 Å². The van der Waals surface area contributed by atoms with Crippen LogP contribution in [0.1, 0.15) is 41.9 Å². The molecule has 6 rings (SSSR count). The minimum Gasteiger partial charge on any atom is -0.382 e. The molecule has 1 amide bonds. The lowest BCUT2D eigenvalue weighted by molar-refractivity contribution is -0.0309. The molecule has 0 saturated heterocycles. The molecule has 0 spiro atoms. The summed E-state index contributed by atoms with van der Waals surface area (Å²) in [6.07, 6.45) is 3.17. The Morgan fingerprint density at radius 2 is 1.64 bits per heavy atom. The molecule has 4 aromatic rings. The van der Waals surface area contributed by atoms with Crippen molar-refractivity contribution in [3.8, 4) is 11.3 Å². The van der Waals surface area contributed by atoms with E-state index in [9.17, 15) is 31.5 Å². The van der Waals surface area contributed by atoms with Crippen LogP contribution in [0.25, 0.3) is 11.3 Å². The molecule has 2 aliphatic carbocycles. The quantitative estimate of drug-likeness (QED) is 0.222. The van der Waals surface area contributed by atoms with Crippen molar-refractivity contribution >= 4 is 33.0 Å². The molecule has 2 saturated carbocycles. The normalized spacial score (nSPS) is 23.6. The highest BCUT2D eigenvalue weighted by Crippen LogP contribution is 2.54. The maximum atomic E-state index is 14.0. The number of anilines is 1. The summed E-state index contributed by atoms with van der Waals surface area (Å²) in [6.45, 7) is 0. The van der Waals surface area contributed by atoms with Crippen LogP contribution in [0.4, 0.5) is 18.9 Å². The zero-order valence-corrected chi connectivity index (χ0v) is 23.5. The molecular weight excluding hydrogens is 591 g/mol. The van der Waals surface area contributed by atoms with Crippen molar-refractivity contribution in [2.24, 2.45) is 11.8 Å². The molecule has 2 atom stereocenters. The van der Waals surface area contributed by atoms with Crippen LogP contribution in [0.3, 0.4) is 0 Å². The third-order valence-corrected chi connectivity index (χ3v) is 11.1. The first kappa shape index (κ1) is 28.4. The molecule has 3 aromatic carbocycles. The number of aromatic nitrogens is 2. The molecule has 2 unspecified atom stereocenters. The van der Waals surface area contributed by atoms with Crippen LogP contribution in [0, 0.1) is 29.3 Å². The monoisotopic (exact) mass is 615 g/mol. The van der Waals surface area contributed by atoms with Crippen molar-refractivity contribution in [3.05, 3.63) is 101 Å². The van der Waals surface area contributed by atoms with Crippen LogP contribution in [-0.2, 0) is 15.4 Å². The van der Waals surface area contributed by atoms with Gasteiger partial charge in [-0.05, 0) is 61.3 Å². The van der Waals surface area contributed by atoms with Gasteiger partial charge >= 0.3 is 0 Å². The van der Waals surface area contributed by atoms with Gasteiger partial charge in [0.15, 0.2) is 27.3 Å². The van der Waals surface area contributed by atoms with Gasteiger partial charge in [-0.3, -0.25) is 4.79 Å². The van der Waals surface area contributed by atoms with Crippen LogP contribution >= 0.6 is 11.6 Å². The summed E-state index contributed by atoms with van der Waals surface area (Å²) in [5.41, 5.74) is -0.141. The average Bonchev–Trinajstić information content (AvgIpc) is 3.57. The minimum atomic E-state index is -4.07. The molecule has 7 nitrogen and oxygen atoms in total. The summed E-state index contributed by atoms with van der Waals surface area (Å²) >= 11 is 6.34. The van der Waals surface area contributed by atoms with Crippen molar-refractivity contribution in [1.82, 2.24) is 9.97 Å². The number of nitrogens with one attached hydrogen (secondary N) is 2. The Morgan fingerprint density at radius 1 is 1.00 bits per heavy atom. The Morgan fingerprint density at radius 3 is 2.29 bits per heavy atom. The topological polar surface area (TPSA) is 112 Å². The molecule has 2 aliphatic rings. The van der Waals surface area contributed by atoms with Gasteiger partial charge in [0.1, 0.15) is 11.4 Å². The Labute approximate surface area is 244 Å². The third-order valence-electron chi connectivity index (χ3n) is 8.24. The number of hydrogen-bond acceptors (Lipinski definition) is 5. The largest absolute Gasteiger partial charge is 0.382 e. The Balaban J connectivity index is 1.25. The molecule has 2 bridgehead atoms. The number of benzene rings is 3. The standard InChI is InChI=1S/C30H25ClF3N3O4S/c31-21-9-8-17(28(38)36-20-11-22(32)26(34)23(33)12-20)10-25(21)42(40,41)27-18-6-7-19(27)14-30(39,13-18)29-35-15-24(37-29)16-4-2-1-3-5-16/h1-5,8-12,15,18-19,27,39H,6-7,13-14H2,(H,35,37)(H,36,38)/t18?,19?,27-,30-. The molecule has 218 valence electrons. The number of hydrogen-bond donors (Lipinski definition) is 3. The lowest BCUT2D eigenvalue weighted by Crippen LogP contribution is -2.45. The van der Waals surface area contributed by atoms with E-state index in [0.717, 1.165) is 17.3 Å². The number of H-pyrrole nitrogens is 1. The summed E-state index contributed by atoms with van der Waals surface area (Å²) in [7, 11) is -4.07. The van der Waals surface area contributed by atoms with Gasteiger partial charge < -0.3 is 15.4 Å². The Bertz CT molecular complexity index is 1760. The number of aromatic amines is 1. The SMILES string of the molecule is O=C(Nc1cc(F)c(F)c(F)c1)c1ccc(Cl)c(S(=O)(=O)[C@H]2C3CCC2C[C@](O)(c2ncc(-c4ccccc4)[nH]2)C3)c1. The number of nitrogens with zero attached hydrogens (tertiary/aromatic N) is 1. The molecule has 12 heteroatoms. The molecule has 2 fully saturated rings. The number of imidazole rings is 1. The van der Waals surface area contributed by atoms with E-state index >= 15 is 0 Å². The zero-order valence-electron chi connectivity index (χ0n) is 22.0. The van der Waals surface area contributed by atoms with E-state index in [1.807, 2.05) is 30.3 Å². The highest BCUT2D eigenvalue weighted by Gasteiger charge is 2.55. The molecule has 42 heavy (non-hydrogen) atoms. The van der Waals surface area contributed by atoms with Gasteiger partial charge in [0, 0.05) is 23.4 Å². The second kappa shape index (κ2) is 10.6. The van der Waals surface area contributed by atoms with Crippen LogP contribution in [0.2, 0.25) is 5.02 Å². The summed E-state index contributed by atoms with van der Waals surface area (Å²) < 4.78 is 68.5. The molecule has 0 radical (unpaired) electrons. The molecule has 3 N–H and O–H groups in total. The maximum Gasteiger partial charge on any atom is 0.255 e. The van der Waals surface area contributed by atoms with E-state index in [-0.39, 0.29) is 45.8 Å². The van der Waals surface area contributed by atoms with E-state index in [2.05, 4.69) is 15.3 Å². The molecule has 0 aliphatic heterocycles. The van der Waals surface area contributed by atoms with E-state index in [4.69, 9.17) is 11.6 Å². The number of fused-ring (bicyclic) bond motifs is 2. The number of rotatable bonds is 6. The summed E-state index contributed by atoms with van der Waals surface area (Å²) in [6, 6.07) is 14.4. The Hall–Kier alpha value is -3.67. The van der Waals surface area contributed by atoms with Crippen molar-refractivity contribution in [2.75, 3.05) is 5.32 Å². The molecule has 1 aromatic heterocycles. The zero-order chi connectivity index (χ0) is 29.8. The first-order valence-electron chi connectivity index (χ1n) is 13.3. The highest BCUT2D eigenvalue weighted by atomic mass is 35.5. The number of halogens is 4. The van der Waals surface area contributed by atoms with Crippen molar-refractivity contribution < 1.29 is 31.5 Å². The number of sulfone groups is 1. The van der Waals surface area contributed by atoms with Crippen molar-refractivity contribution in [3.63, 3.8) is 0 Å². The summed E-state index contributed by atoms with van der Waals surface area (Å²) in [4.78, 5) is 20.2. The predicted octanol–water partition coefficient (Wildman–Crippen LogP) is 6.25. The minimum absolute atomic E-state index is 0.0795. The predicted molar refractivity (Wildman–Crippen MR) is 150 cm³/mol. The lowest BCUT2D eigenvalue weighted by atomic mass is 9.76. The summed E-state index contributed by atoms with van der Waals surface area (Å²) in [5, 5.41) is 13.0. The van der Waals surface area contributed by atoms with E-state index in [1.54, 1.807) is 6.20 Å². The second-order valence-electron chi connectivity index (χ2n) is 10.9. The number of carbonyl (C=O) groups excluding carboxylic acids is 1. The molecule has 1 heterocycles. The maximum absolute atomic E-state index is 14.0. The van der Waals surface area contributed by atoms with Gasteiger partial charge in [0.2, 0.25) is 0 Å². The van der Waals surface area contributed by atoms with Gasteiger partial charge in [-0.2, -0.15) is 0 Å². The van der Waals surface area contributed by atoms with E-state index in [1.165, 1.54) is 12.1 Å². The van der Waals surface area contributed by atoms with Crippen LogP contribution in [-0.4, -0.2) is 34.6 Å². The number of aliphatic hydroxyl groups is 1. The molecular formula is C30H25ClF3N3O4S. The first-order valence-corrected chi connectivity index (χ1v) is 15.2. The van der Waals surface area contributed by atoms with E-state index in [0.29, 0.717) is 30.8 Å². The van der Waals surface area contributed by atoms with Crippen LogP contribution in [0.15, 0.2) is 71.8 Å². The van der Waals surface area contributed by atoms with Gasteiger partial charge in [0.05, 0.1) is 27.1 Å². The number of amides is 1. The van der Waals surface area contributed by atoms with E-state index < -0.39 is 44.0 Å². The fourth-order valence-electron chi connectivity index (χ4n) is 6.39. The van der Waals surface area contributed by atoms with Crippen molar-refractivity contribution in [2.45, 2.75) is 41.4 Å². The second-order valence-corrected chi connectivity index (χ2v) is 13.4. The fraction of sp³-hybridized carbons (Fsp3) is 0.267. The van der Waals surface area contributed by atoms with Gasteiger partial charge in [-0.15, -0.1) is 0 Å². The third kappa shape index (κ3) is 4.99. The van der Waals surface area contributed by atoms with Crippen LogP contribution in [0.5, 0.6) is 0 Å². The Kier molecular flexibility index (Phi) is 7.15. The van der Waals surface area contributed by atoms with Crippen molar-refractivity contribution in [1.29, 1.82) is 0 Å².